The molecule has 0 N–H and O–H groups in total. The zero-order chi connectivity index (χ0) is 41.4. The predicted molar refractivity (Wildman–Crippen MR) is 250 cm³/mol. The first-order valence-corrected chi connectivity index (χ1v) is 20.7. The van der Waals surface area contributed by atoms with E-state index in [0.717, 1.165) is 82.4 Å². The molecule has 63 heavy (non-hydrogen) atoms. The molecular formula is C55H31N5O3. The van der Waals surface area contributed by atoms with Gasteiger partial charge in [-0.2, -0.15) is 0 Å². The van der Waals surface area contributed by atoms with Crippen LogP contribution in [0.5, 0.6) is 0 Å². The van der Waals surface area contributed by atoms with Gasteiger partial charge in [0.25, 0.3) is 0 Å². The lowest BCUT2D eigenvalue weighted by molar-refractivity contribution is 0.619. The fourth-order valence-electron chi connectivity index (χ4n) is 8.78. The summed E-state index contributed by atoms with van der Waals surface area (Å²) in [6.07, 6.45) is 0. The number of benzene rings is 9. The van der Waals surface area contributed by atoms with Gasteiger partial charge in [-0.1, -0.05) is 127 Å². The number of rotatable bonds is 6. The molecule has 0 aliphatic heterocycles. The molecule has 8 nitrogen and oxygen atoms in total. The van der Waals surface area contributed by atoms with Crippen molar-refractivity contribution in [1.29, 1.82) is 0 Å². The van der Waals surface area contributed by atoms with Gasteiger partial charge in [0.05, 0.1) is 10.9 Å². The van der Waals surface area contributed by atoms with Crippen molar-refractivity contribution in [1.82, 2.24) is 24.9 Å². The van der Waals surface area contributed by atoms with Crippen molar-refractivity contribution in [2.24, 2.45) is 0 Å². The quantitative estimate of drug-likeness (QED) is 0.164. The molecule has 8 heteroatoms. The Hall–Kier alpha value is -8.75. The van der Waals surface area contributed by atoms with E-state index in [4.69, 9.17) is 38.2 Å². The molecule has 0 saturated carbocycles. The SMILES string of the molecule is c1ccc(-c2cccc(-c3nc(-c4ccc5ccc6oc7ccc8oc(-c9ccccc9)nc8c7c6c5c4)nc(-c4cccc5nc(-c6cccc7ccccc67)oc45)n3)c2)cc1. The number of nitrogens with zero attached hydrogens (tertiary/aromatic N) is 5. The van der Waals surface area contributed by atoms with Crippen LogP contribution in [0.2, 0.25) is 0 Å². The van der Waals surface area contributed by atoms with Gasteiger partial charge in [0, 0.05) is 27.6 Å². The first-order valence-electron chi connectivity index (χ1n) is 20.7. The molecule has 0 spiro atoms. The van der Waals surface area contributed by atoms with Crippen molar-refractivity contribution in [3.05, 3.63) is 188 Å². The van der Waals surface area contributed by atoms with Crippen molar-refractivity contribution in [3.63, 3.8) is 0 Å². The number of fused-ring (bicyclic) bond motifs is 9. The number of furan rings is 1. The number of hydrogen-bond acceptors (Lipinski definition) is 8. The number of aromatic nitrogens is 5. The van der Waals surface area contributed by atoms with E-state index < -0.39 is 0 Å². The lowest BCUT2D eigenvalue weighted by Gasteiger charge is -2.10. The highest BCUT2D eigenvalue weighted by Gasteiger charge is 2.22. The van der Waals surface area contributed by atoms with Crippen molar-refractivity contribution >= 4 is 65.7 Å². The summed E-state index contributed by atoms with van der Waals surface area (Å²) >= 11 is 0. The second-order valence-electron chi connectivity index (χ2n) is 15.6. The molecule has 0 amide bonds. The maximum absolute atomic E-state index is 6.68. The van der Waals surface area contributed by atoms with E-state index in [0.29, 0.717) is 51.5 Å². The van der Waals surface area contributed by atoms with Gasteiger partial charge in [-0.05, 0) is 93.3 Å². The molecule has 13 aromatic rings. The average Bonchev–Trinajstić information content (AvgIpc) is 4.10. The van der Waals surface area contributed by atoms with Crippen LogP contribution < -0.4 is 0 Å². The Kier molecular flexibility index (Phi) is 7.74. The molecule has 0 fully saturated rings. The second kappa shape index (κ2) is 13.9. The van der Waals surface area contributed by atoms with Crippen LogP contribution >= 0.6 is 0 Å². The maximum atomic E-state index is 6.68. The van der Waals surface area contributed by atoms with E-state index >= 15 is 0 Å². The first-order chi connectivity index (χ1) is 31.2. The third-order valence-electron chi connectivity index (χ3n) is 11.8. The second-order valence-corrected chi connectivity index (χ2v) is 15.6. The molecule has 4 heterocycles. The standard InChI is InChI=1S/C55H31N5O3/c1-3-12-32(13-4-1)36-18-9-19-37(30-36)51-58-52(60-53(59-51)41-22-11-23-43-50(41)63-55(56-43)40-21-10-17-33-14-7-8-20-39(33)40)38-25-24-34-26-27-44-47(42(34)31-38)48-45(61-44)28-29-46-49(48)57-54(62-46)35-15-5-2-6-16-35/h1-31H. The Morgan fingerprint density at radius 3 is 1.81 bits per heavy atom. The van der Waals surface area contributed by atoms with Gasteiger partial charge in [-0.15, -0.1) is 0 Å². The average molecular weight is 810 g/mol. The Morgan fingerprint density at radius 1 is 0.317 bits per heavy atom. The highest BCUT2D eigenvalue weighted by atomic mass is 16.4. The summed E-state index contributed by atoms with van der Waals surface area (Å²) in [6, 6.07) is 63.2. The van der Waals surface area contributed by atoms with Crippen LogP contribution in [0.25, 0.3) is 134 Å². The Bertz CT molecular complexity index is 3920. The molecule has 13 rings (SSSR count). The van der Waals surface area contributed by atoms with Gasteiger partial charge in [-0.3, -0.25) is 0 Å². The molecule has 0 unspecified atom stereocenters. The zero-order valence-electron chi connectivity index (χ0n) is 33.4. The van der Waals surface area contributed by atoms with Gasteiger partial charge in [0.15, 0.2) is 28.6 Å². The van der Waals surface area contributed by atoms with E-state index in [1.54, 1.807) is 0 Å². The van der Waals surface area contributed by atoms with Gasteiger partial charge < -0.3 is 13.3 Å². The highest BCUT2D eigenvalue weighted by Crippen LogP contribution is 2.41. The number of hydrogen-bond donors (Lipinski definition) is 0. The van der Waals surface area contributed by atoms with Crippen molar-refractivity contribution < 1.29 is 13.3 Å². The van der Waals surface area contributed by atoms with Crippen LogP contribution in [0.3, 0.4) is 0 Å². The summed E-state index contributed by atoms with van der Waals surface area (Å²) in [5, 5.41) is 6.03. The molecule has 0 aliphatic rings. The van der Waals surface area contributed by atoms with E-state index in [1.165, 1.54) is 0 Å². The maximum Gasteiger partial charge on any atom is 0.227 e. The van der Waals surface area contributed by atoms with Crippen LogP contribution in [0.1, 0.15) is 0 Å². The molecule has 294 valence electrons. The van der Waals surface area contributed by atoms with Crippen LogP contribution in [-0.2, 0) is 0 Å². The molecule has 0 atom stereocenters. The van der Waals surface area contributed by atoms with Crippen molar-refractivity contribution in [2.75, 3.05) is 0 Å². The van der Waals surface area contributed by atoms with Crippen molar-refractivity contribution in [2.45, 2.75) is 0 Å². The smallest absolute Gasteiger partial charge is 0.227 e. The van der Waals surface area contributed by atoms with Gasteiger partial charge in [-0.25, -0.2) is 24.9 Å². The first kappa shape index (κ1) is 35.0. The highest BCUT2D eigenvalue weighted by molar-refractivity contribution is 6.25. The minimum atomic E-state index is 0.469. The summed E-state index contributed by atoms with van der Waals surface area (Å²) in [4.78, 5) is 25.6. The summed E-state index contributed by atoms with van der Waals surface area (Å²) in [5.41, 5.74) is 10.6. The zero-order valence-corrected chi connectivity index (χ0v) is 33.4. The van der Waals surface area contributed by atoms with Gasteiger partial charge in [0.1, 0.15) is 22.2 Å². The molecule has 0 saturated heterocycles. The third-order valence-corrected chi connectivity index (χ3v) is 11.8. The molecular weight excluding hydrogens is 779 g/mol. The fraction of sp³-hybridized carbons (Fsp3) is 0. The monoisotopic (exact) mass is 809 g/mol. The predicted octanol–water partition coefficient (Wildman–Crippen LogP) is 14.4. The molecule has 4 aromatic heterocycles. The van der Waals surface area contributed by atoms with E-state index in [-0.39, 0.29) is 0 Å². The topological polar surface area (TPSA) is 104 Å². The van der Waals surface area contributed by atoms with E-state index in [2.05, 4.69) is 66.7 Å². The largest absolute Gasteiger partial charge is 0.456 e. The number of oxazole rings is 2. The lowest BCUT2D eigenvalue weighted by Crippen LogP contribution is -2.00. The van der Waals surface area contributed by atoms with Gasteiger partial charge >= 0.3 is 0 Å². The summed E-state index contributed by atoms with van der Waals surface area (Å²) in [6.45, 7) is 0. The van der Waals surface area contributed by atoms with E-state index in [9.17, 15) is 0 Å². The van der Waals surface area contributed by atoms with Crippen LogP contribution in [0, 0.1) is 0 Å². The normalized spacial score (nSPS) is 11.8. The number of para-hydroxylation sites is 1. The Morgan fingerprint density at radius 2 is 0.937 bits per heavy atom. The minimum absolute atomic E-state index is 0.469. The lowest BCUT2D eigenvalue weighted by atomic mass is 10.0. The molecule has 9 aromatic carbocycles. The van der Waals surface area contributed by atoms with Crippen LogP contribution in [-0.4, -0.2) is 24.9 Å². The van der Waals surface area contributed by atoms with Crippen molar-refractivity contribution in [3.8, 4) is 68.2 Å². The van der Waals surface area contributed by atoms with Gasteiger partial charge in [0.2, 0.25) is 11.8 Å². The molecule has 0 aliphatic carbocycles. The van der Waals surface area contributed by atoms with Crippen LogP contribution in [0.15, 0.2) is 201 Å². The minimum Gasteiger partial charge on any atom is -0.456 e. The molecule has 0 bridgehead atoms. The summed E-state index contributed by atoms with van der Waals surface area (Å²) in [7, 11) is 0. The summed E-state index contributed by atoms with van der Waals surface area (Å²) < 4.78 is 19.5. The molecule has 0 radical (unpaired) electrons. The van der Waals surface area contributed by atoms with E-state index in [1.807, 2.05) is 121 Å². The van der Waals surface area contributed by atoms with Crippen LogP contribution in [0.4, 0.5) is 0 Å². The fourth-order valence-corrected chi connectivity index (χ4v) is 8.78. The summed E-state index contributed by atoms with van der Waals surface area (Å²) in [5.74, 6) is 2.60. The third kappa shape index (κ3) is 5.80. The Balaban J connectivity index is 1.02. The Labute approximate surface area is 358 Å².